The highest BCUT2D eigenvalue weighted by molar-refractivity contribution is 7.09. The quantitative estimate of drug-likeness (QED) is 0.711. The van der Waals surface area contributed by atoms with Gasteiger partial charge >= 0.3 is 0 Å². The molecule has 1 aromatic rings. The van der Waals surface area contributed by atoms with E-state index in [9.17, 15) is 8.78 Å². The van der Waals surface area contributed by atoms with Crippen molar-refractivity contribution in [2.75, 3.05) is 26.2 Å². The molecular formula is C11H17ClF2N2OS. The van der Waals surface area contributed by atoms with Crippen molar-refractivity contribution in [3.05, 3.63) is 16.1 Å². The fraction of sp³-hybridized carbons (Fsp3) is 0.727. The summed E-state index contributed by atoms with van der Waals surface area (Å²) in [4.78, 5) is 5.87. The van der Waals surface area contributed by atoms with Crippen LogP contribution in [0.15, 0.2) is 5.38 Å². The predicted molar refractivity (Wildman–Crippen MR) is 69.5 cm³/mol. The smallest absolute Gasteiger partial charge is 0.251 e. The highest BCUT2D eigenvalue weighted by Gasteiger charge is 2.11. The zero-order valence-electron chi connectivity index (χ0n) is 9.99. The third kappa shape index (κ3) is 6.04. The topological polar surface area (TPSA) is 36.4 Å². The van der Waals surface area contributed by atoms with E-state index in [1.54, 1.807) is 16.2 Å². The fourth-order valence-electron chi connectivity index (χ4n) is 1.61. The van der Waals surface area contributed by atoms with E-state index in [0.717, 1.165) is 23.5 Å². The molecule has 3 nitrogen and oxygen atoms in total. The van der Waals surface area contributed by atoms with E-state index >= 15 is 0 Å². The molecule has 0 radical (unpaired) electrons. The van der Waals surface area contributed by atoms with Gasteiger partial charge in [-0.25, -0.2) is 13.8 Å². The fourth-order valence-corrected chi connectivity index (χ4v) is 2.68. The second kappa shape index (κ2) is 8.74. The van der Waals surface area contributed by atoms with Gasteiger partial charge in [0.05, 0.1) is 29.7 Å². The molecule has 0 aliphatic rings. The maximum absolute atomic E-state index is 12.3. The summed E-state index contributed by atoms with van der Waals surface area (Å²) < 4.78 is 24.5. The van der Waals surface area contributed by atoms with Crippen LogP contribution in [-0.4, -0.2) is 47.7 Å². The van der Waals surface area contributed by atoms with Crippen molar-refractivity contribution in [3.8, 4) is 0 Å². The van der Waals surface area contributed by atoms with Crippen LogP contribution in [0.1, 0.15) is 17.1 Å². The number of rotatable bonds is 9. The van der Waals surface area contributed by atoms with Crippen LogP contribution in [0, 0.1) is 0 Å². The largest absolute Gasteiger partial charge is 0.395 e. The summed E-state index contributed by atoms with van der Waals surface area (Å²) in [5.41, 5.74) is 0.858. The molecule has 0 saturated heterocycles. The molecule has 1 N–H and O–H groups in total. The van der Waals surface area contributed by atoms with Crippen LogP contribution >= 0.6 is 22.9 Å². The Kier molecular flexibility index (Phi) is 7.65. The van der Waals surface area contributed by atoms with Crippen LogP contribution in [-0.2, 0) is 12.3 Å². The number of aromatic nitrogens is 1. The minimum atomic E-state index is -2.36. The molecule has 7 heteroatoms. The van der Waals surface area contributed by atoms with Crippen molar-refractivity contribution in [3.63, 3.8) is 0 Å². The number of halogens is 3. The maximum Gasteiger partial charge on any atom is 0.251 e. The Hall–Kier alpha value is -0.300. The lowest BCUT2D eigenvalue weighted by Crippen LogP contribution is -2.32. The number of aryl methyl sites for hydroxylation is 1. The van der Waals surface area contributed by atoms with Crippen molar-refractivity contribution in [1.29, 1.82) is 0 Å². The molecular weight excluding hydrogens is 282 g/mol. The standard InChI is InChI=1S/C11H17ClF2N2OS/c12-6-9-8-18-11(15-9)2-1-3-16(4-5-17)7-10(13)14/h8,10,17H,1-7H2. The van der Waals surface area contributed by atoms with E-state index in [1.165, 1.54) is 0 Å². The van der Waals surface area contributed by atoms with Gasteiger partial charge in [0.1, 0.15) is 0 Å². The summed E-state index contributed by atoms with van der Waals surface area (Å²) in [5, 5.41) is 11.7. The van der Waals surface area contributed by atoms with Crippen LogP contribution in [0.4, 0.5) is 8.78 Å². The predicted octanol–water partition coefficient (Wildman–Crippen LogP) is 2.37. The van der Waals surface area contributed by atoms with Crippen molar-refractivity contribution >= 4 is 22.9 Å². The van der Waals surface area contributed by atoms with Gasteiger partial charge in [0.25, 0.3) is 6.43 Å². The summed E-state index contributed by atoms with van der Waals surface area (Å²) >= 11 is 7.19. The zero-order valence-corrected chi connectivity index (χ0v) is 11.6. The molecule has 0 unspecified atom stereocenters. The van der Waals surface area contributed by atoms with E-state index in [4.69, 9.17) is 16.7 Å². The Balaban J connectivity index is 2.29. The lowest BCUT2D eigenvalue weighted by atomic mass is 10.3. The molecule has 0 fully saturated rings. The third-order valence-electron chi connectivity index (χ3n) is 2.41. The lowest BCUT2D eigenvalue weighted by Gasteiger charge is -2.20. The minimum absolute atomic E-state index is 0.0969. The average Bonchev–Trinajstić information content (AvgIpc) is 2.76. The van der Waals surface area contributed by atoms with Gasteiger partial charge in [-0.15, -0.1) is 22.9 Å². The van der Waals surface area contributed by atoms with Crippen molar-refractivity contribution in [2.24, 2.45) is 0 Å². The Morgan fingerprint density at radius 3 is 2.78 bits per heavy atom. The van der Waals surface area contributed by atoms with Crippen LogP contribution in [0.2, 0.25) is 0 Å². The van der Waals surface area contributed by atoms with Gasteiger partial charge in [-0.1, -0.05) is 0 Å². The summed E-state index contributed by atoms with van der Waals surface area (Å²) in [6.45, 7) is 0.446. The lowest BCUT2D eigenvalue weighted by molar-refractivity contribution is 0.0778. The van der Waals surface area contributed by atoms with Crippen LogP contribution in [0.5, 0.6) is 0 Å². The van der Waals surface area contributed by atoms with Crippen LogP contribution < -0.4 is 0 Å². The zero-order chi connectivity index (χ0) is 13.4. The van der Waals surface area contributed by atoms with E-state index in [1.807, 2.05) is 5.38 Å². The van der Waals surface area contributed by atoms with Gasteiger partial charge in [0, 0.05) is 18.3 Å². The number of hydrogen-bond acceptors (Lipinski definition) is 4. The molecule has 18 heavy (non-hydrogen) atoms. The van der Waals surface area contributed by atoms with E-state index in [0.29, 0.717) is 12.4 Å². The van der Waals surface area contributed by atoms with Gasteiger partial charge in [-0.2, -0.15) is 0 Å². The van der Waals surface area contributed by atoms with Crippen molar-refractivity contribution in [1.82, 2.24) is 9.88 Å². The Morgan fingerprint density at radius 2 is 2.22 bits per heavy atom. The highest BCUT2D eigenvalue weighted by atomic mass is 35.5. The average molecular weight is 299 g/mol. The monoisotopic (exact) mass is 298 g/mol. The van der Waals surface area contributed by atoms with Crippen LogP contribution in [0.3, 0.4) is 0 Å². The minimum Gasteiger partial charge on any atom is -0.395 e. The van der Waals surface area contributed by atoms with E-state index < -0.39 is 6.43 Å². The number of nitrogens with zero attached hydrogens (tertiary/aromatic N) is 2. The Bertz CT molecular complexity index is 339. The molecule has 0 amide bonds. The van der Waals surface area contributed by atoms with Gasteiger partial charge in [-0.3, -0.25) is 4.90 Å². The first-order valence-electron chi connectivity index (χ1n) is 5.76. The summed E-state index contributed by atoms with van der Waals surface area (Å²) in [5.74, 6) is 0.401. The van der Waals surface area contributed by atoms with Crippen LogP contribution in [0.25, 0.3) is 0 Å². The SMILES string of the molecule is OCCN(CCCc1nc(CCl)cs1)CC(F)F. The van der Waals surface area contributed by atoms with Crippen molar-refractivity contribution in [2.45, 2.75) is 25.1 Å². The number of aliphatic hydroxyl groups excluding tert-OH is 1. The molecule has 104 valence electrons. The second-order valence-corrected chi connectivity index (χ2v) is 5.09. The van der Waals surface area contributed by atoms with Gasteiger partial charge < -0.3 is 5.11 Å². The molecule has 0 spiro atoms. The Morgan fingerprint density at radius 1 is 1.44 bits per heavy atom. The third-order valence-corrected chi connectivity index (χ3v) is 3.64. The highest BCUT2D eigenvalue weighted by Crippen LogP contribution is 2.13. The maximum atomic E-state index is 12.3. The molecule has 0 aromatic carbocycles. The molecule has 0 aliphatic heterocycles. The molecule has 1 rings (SSSR count). The number of thiazole rings is 1. The second-order valence-electron chi connectivity index (χ2n) is 3.89. The first kappa shape index (κ1) is 15.8. The van der Waals surface area contributed by atoms with Crippen molar-refractivity contribution < 1.29 is 13.9 Å². The number of alkyl halides is 3. The molecule has 0 saturated carbocycles. The first-order chi connectivity index (χ1) is 8.65. The first-order valence-corrected chi connectivity index (χ1v) is 7.17. The molecule has 0 atom stereocenters. The normalized spacial score (nSPS) is 11.7. The van der Waals surface area contributed by atoms with E-state index in [2.05, 4.69) is 4.98 Å². The van der Waals surface area contributed by atoms with Gasteiger partial charge in [-0.05, 0) is 13.0 Å². The molecule has 0 bridgehead atoms. The summed E-state index contributed by atoms with van der Waals surface area (Å²) in [6, 6.07) is 0. The number of hydrogen-bond donors (Lipinski definition) is 1. The molecule has 1 aromatic heterocycles. The Labute approximate surface area is 114 Å². The number of aliphatic hydroxyl groups is 1. The van der Waals surface area contributed by atoms with Gasteiger partial charge in [0.2, 0.25) is 0 Å². The summed E-state index contributed by atoms with van der Waals surface area (Å²) in [6.07, 6.45) is -0.853. The van der Waals surface area contributed by atoms with Gasteiger partial charge in [0.15, 0.2) is 0 Å². The molecule has 0 aliphatic carbocycles. The molecule has 1 heterocycles. The van der Waals surface area contributed by atoms with E-state index in [-0.39, 0.29) is 19.7 Å². The summed E-state index contributed by atoms with van der Waals surface area (Å²) in [7, 11) is 0.